The molecule has 1 aliphatic rings. The summed E-state index contributed by atoms with van der Waals surface area (Å²) in [6.45, 7) is 0.503. The van der Waals surface area contributed by atoms with Crippen molar-refractivity contribution in [3.63, 3.8) is 0 Å². The van der Waals surface area contributed by atoms with Crippen LogP contribution in [0.15, 0.2) is 16.2 Å². The van der Waals surface area contributed by atoms with Gasteiger partial charge in [0.2, 0.25) is 0 Å². The number of hydrogen-bond donors (Lipinski definition) is 1. The van der Waals surface area contributed by atoms with Gasteiger partial charge >= 0.3 is 0 Å². The minimum Gasteiger partial charge on any atom is -0.365 e. The number of carbonyl (C=O) groups excluding carboxylic acids is 1. The lowest BCUT2D eigenvalue weighted by molar-refractivity contribution is 0.100. The van der Waals surface area contributed by atoms with Crippen LogP contribution in [0, 0.1) is 0 Å². The predicted octanol–water partition coefficient (Wildman–Crippen LogP) is -0.274. The third kappa shape index (κ3) is 1.22. The molecule has 2 rings (SSSR count). The second-order valence-electron chi connectivity index (χ2n) is 2.50. The first-order valence-corrected chi connectivity index (χ1v) is 3.69. The molecule has 1 amide bonds. The number of nitrogens with two attached hydrogens (primary N) is 1. The van der Waals surface area contributed by atoms with Gasteiger partial charge in [0, 0.05) is 6.21 Å². The normalized spacial score (nSPS) is 13.8. The number of fused-ring (bicyclic) bond motifs is 1. The Hall–Kier alpha value is -1.98. The minimum atomic E-state index is -0.527. The Balaban J connectivity index is 2.54. The zero-order chi connectivity index (χ0) is 9.26. The molecule has 0 radical (unpaired) electrons. The molecular formula is C7H7N5O. The lowest BCUT2D eigenvalue weighted by Crippen LogP contribution is -2.10. The van der Waals surface area contributed by atoms with Crippen LogP contribution in [0.25, 0.3) is 0 Å². The zero-order valence-corrected chi connectivity index (χ0v) is 6.71. The molecule has 1 aromatic rings. The highest BCUT2D eigenvalue weighted by atomic mass is 16.1. The monoisotopic (exact) mass is 177 g/mol. The van der Waals surface area contributed by atoms with Crippen LogP contribution in [0.5, 0.6) is 0 Å². The van der Waals surface area contributed by atoms with E-state index in [2.05, 4.69) is 15.1 Å². The summed E-state index contributed by atoms with van der Waals surface area (Å²) < 4.78 is 1.56. The maximum atomic E-state index is 10.9. The summed E-state index contributed by atoms with van der Waals surface area (Å²) in [5.74, 6) is -0.0645. The van der Waals surface area contributed by atoms with Gasteiger partial charge in [-0.1, -0.05) is 0 Å². The molecule has 6 heteroatoms. The molecule has 6 nitrogen and oxygen atoms in total. The summed E-state index contributed by atoms with van der Waals surface area (Å²) >= 11 is 0. The molecule has 0 saturated heterocycles. The van der Waals surface area contributed by atoms with E-state index in [0.29, 0.717) is 17.9 Å². The smallest absolute Gasteiger partial charge is 0.254 e. The van der Waals surface area contributed by atoms with Crippen LogP contribution in [0.4, 0.5) is 5.82 Å². The number of hydrogen-bond acceptors (Lipinski definition) is 4. The summed E-state index contributed by atoms with van der Waals surface area (Å²) in [7, 11) is 0. The highest BCUT2D eigenvalue weighted by molar-refractivity contribution is 5.97. The van der Waals surface area contributed by atoms with E-state index in [4.69, 9.17) is 5.73 Å². The van der Waals surface area contributed by atoms with E-state index in [1.807, 2.05) is 0 Å². The molecule has 66 valence electrons. The molecule has 2 heterocycles. The van der Waals surface area contributed by atoms with Gasteiger partial charge in [0.15, 0.2) is 5.82 Å². The van der Waals surface area contributed by atoms with Crippen molar-refractivity contribution in [2.24, 2.45) is 15.7 Å². The van der Waals surface area contributed by atoms with Crippen LogP contribution in [-0.4, -0.2) is 28.2 Å². The fourth-order valence-corrected chi connectivity index (χ4v) is 1.08. The molecule has 0 aromatic carbocycles. The van der Waals surface area contributed by atoms with Crippen molar-refractivity contribution in [1.82, 2.24) is 9.78 Å². The Bertz CT molecular complexity index is 403. The van der Waals surface area contributed by atoms with E-state index in [-0.39, 0.29) is 0 Å². The lowest BCUT2D eigenvalue weighted by Gasteiger charge is -1.96. The molecule has 1 aromatic heterocycles. The van der Waals surface area contributed by atoms with Gasteiger partial charge in [0.25, 0.3) is 5.91 Å². The second kappa shape index (κ2) is 2.81. The highest BCUT2D eigenvalue weighted by Gasteiger charge is 2.14. The Morgan fingerprint density at radius 1 is 1.62 bits per heavy atom. The van der Waals surface area contributed by atoms with Crippen LogP contribution in [0.2, 0.25) is 0 Å². The largest absolute Gasteiger partial charge is 0.365 e. The lowest BCUT2D eigenvalue weighted by atomic mass is 10.3. The molecule has 0 unspecified atom stereocenters. The van der Waals surface area contributed by atoms with Crippen molar-refractivity contribution in [3.05, 3.63) is 11.8 Å². The molecule has 0 fully saturated rings. The van der Waals surface area contributed by atoms with Crippen LogP contribution in [0.1, 0.15) is 10.4 Å². The first-order valence-electron chi connectivity index (χ1n) is 3.69. The summed E-state index contributed by atoms with van der Waals surface area (Å²) in [5, 5.41) is 3.95. The van der Waals surface area contributed by atoms with Gasteiger partial charge in [-0.25, -0.2) is 14.7 Å². The van der Waals surface area contributed by atoms with Crippen molar-refractivity contribution >= 4 is 24.3 Å². The quantitative estimate of drug-likeness (QED) is 0.640. The van der Waals surface area contributed by atoms with Crippen molar-refractivity contribution in [2.45, 2.75) is 6.54 Å². The van der Waals surface area contributed by atoms with Gasteiger partial charge < -0.3 is 5.73 Å². The summed E-state index contributed by atoms with van der Waals surface area (Å²) in [6, 6.07) is 0. The van der Waals surface area contributed by atoms with Crippen LogP contribution < -0.4 is 5.73 Å². The van der Waals surface area contributed by atoms with Crippen LogP contribution in [0.3, 0.4) is 0 Å². The SMILES string of the molecule is NC(=O)c1cnn2c1N=CN=CC2. The summed E-state index contributed by atoms with van der Waals surface area (Å²) in [4.78, 5) is 18.7. The average molecular weight is 177 g/mol. The Morgan fingerprint density at radius 2 is 2.46 bits per heavy atom. The van der Waals surface area contributed by atoms with Crippen molar-refractivity contribution < 1.29 is 4.79 Å². The van der Waals surface area contributed by atoms with Gasteiger partial charge in [-0.05, 0) is 0 Å². The summed E-state index contributed by atoms with van der Waals surface area (Å²) in [5.41, 5.74) is 5.45. The van der Waals surface area contributed by atoms with E-state index < -0.39 is 5.91 Å². The van der Waals surface area contributed by atoms with E-state index >= 15 is 0 Å². The maximum absolute atomic E-state index is 10.9. The average Bonchev–Trinajstić information content (AvgIpc) is 2.36. The Labute approximate surface area is 73.8 Å². The first kappa shape index (κ1) is 7.66. The fourth-order valence-electron chi connectivity index (χ4n) is 1.08. The van der Waals surface area contributed by atoms with Crippen LogP contribution >= 0.6 is 0 Å². The molecule has 2 N–H and O–H groups in total. The van der Waals surface area contributed by atoms with E-state index in [1.165, 1.54) is 12.5 Å². The minimum absolute atomic E-state index is 0.321. The standard InChI is InChI=1S/C7H7N5O/c8-6(13)5-3-11-12-2-1-9-4-10-7(5)12/h1,3-4H,2H2,(H2,8,13). The molecular weight excluding hydrogens is 170 g/mol. The van der Waals surface area contributed by atoms with Gasteiger partial charge in [-0.2, -0.15) is 5.10 Å². The van der Waals surface area contributed by atoms with Crippen molar-refractivity contribution in [2.75, 3.05) is 0 Å². The topological polar surface area (TPSA) is 85.6 Å². The molecule has 1 aliphatic heterocycles. The Kier molecular flexibility index (Phi) is 1.66. The van der Waals surface area contributed by atoms with Gasteiger partial charge in [-0.15, -0.1) is 0 Å². The highest BCUT2D eigenvalue weighted by Crippen LogP contribution is 2.18. The number of nitrogens with zero attached hydrogens (tertiary/aromatic N) is 4. The van der Waals surface area contributed by atoms with Gasteiger partial charge in [0.1, 0.15) is 11.9 Å². The first-order chi connectivity index (χ1) is 6.29. The molecule has 0 spiro atoms. The number of amides is 1. The van der Waals surface area contributed by atoms with E-state index in [0.717, 1.165) is 0 Å². The molecule has 0 bridgehead atoms. The van der Waals surface area contributed by atoms with Gasteiger partial charge in [-0.3, -0.25) is 4.79 Å². The molecule has 0 atom stereocenters. The van der Waals surface area contributed by atoms with Crippen LogP contribution in [-0.2, 0) is 6.54 Å². The molecule has 0 saturated carbocycles. The maximum Gasteiger partial charge on any atom is 0.254 e. The van der Waals surface area contributed by atoms with Crippen molar-refractivity contribution in [3.8, 4) is 0 Å². The summed E-state index contributed by atoms with van der Waals surface area (Å²) in [6.07, 6.45) is 4.43. The second-order valence-corrected chi connectivity index (χ2v) is 2.50. The fraction of sp³-hybridized carbons (Fsp3) is 0.143. The molecule has 0 aliphatic carbocycles. The third-order valence-electron chi connectivity index (χ3n) is 1.68. The number of rotatable bonds is 1. The number of aliphatic imine (C=N–C) groups is 2. The van der Waals surface area contributed by atoms with Crippen molar-refractivity contribution in [1.29, 1.82) is 0 Å². The zero-order valence-electron chi connectivity index (χ0n) is 6.71. The number of primary amides is 1. The molecule has 13 heavy (non-hydrogen) atoms. The van der Waals surface area contributed by atoms with E-state index in [9.17, 15) is 4.79 Å². The van der Waals surface area contributed by atoms with E-state index in [1.54, 1.807) is 10.9 Å². The third-order valence-corrected chi connectivity index (χ3v) is 1.68. The predicted molar refractivity (Wildman–Crippen MR) is 47.4 cm³/mol. The number of aromatic nitrogens is 2. The number of carbonyl (C=O) groups is 1. The van der Waals surface area contributed by atoms with Gasteiger partial charge in [0.05, 0.1) is 12.7 Å². The Morgan fingerprint density at radius 3 is 3.23 bits per heavy atom.